The van der Waals surface area contributed by atoms with E-state index < -0.39 is 0 Å². The average molecular weight is 653 g/mol. The molecule has 0 fully saturated rings. The Kier molecular flexibility index (Phi) is 21.2. The Bertz CT molecular complexity index is 1190. The molecule has 1 aliphatic heterocycles. The number of H-pyrrole nitrogens is 3. The van der Waals surface area contributed by atoms with E-state index in [2.05, 4.69) is 83.1 Å². The molecule has 0 bridgehead atoms. The van der Waals surface area contributed by atoms with Crippen molar-refractivity contribution in [1.29, 1.82) is 0 Å². The number of nitrogens with zero attached hydrogens (tertiary/aromatic N) is 5. The molecule has 1 aliphatic rings. The summed E-state index contributed by atoms with van der Waals surface area (Å²) in [6, 6.07) is 16.6. The van der Waals surface area contributed by atoms with Gasteiger partial charge in [-0.2, -0.15) is 20.5 Å². The van der Waals surface area contributed by atoms with Crippen LogP contribution in [0.15, 0.2) is 76.3 Å². The fourth-order valence-electron chi connectivity index (χ4n) is 2.63. The van der Waals surface area contributed by atoms with Crippen LogP contribution in [0, 0.1) is 4.64 Å². The number of benzene rings is 2. The summed E-state index contributed by atoms with van der Waals surface area (Å²) in [6.45, 7) is 2.69. The Morgan fingerprint density at radius 3 is 1.93 bits per heavy atom. The Hall–Kier alpha value is -1.42. The molecule has 2 aromatic carbocycles. The van der Waals surface area contributed by atoms with Crippen LogP contribution in [0.3, 0.4) is 0 Å². The van der Waals surface area contributed by atoms with E-state index >= 15 is 0 Å². The summed E-state index contributed by atoms with van der Waals surface area (Å²) in [5, 5.41) is 35.5. The number of hydrogen-bond acceptors (Lipinski definition) is 10. The maximum absolute atomic E-state index is 7.57. The molecular formula is C24H32Cl2N9NaOS3. The first kappa shape index (κ1) is 36.6. The summed E-state index contributed by atoms with van der Waals surface area (Å²) >= 11 is 19.3. The van der Waals surface area contributed by atoms with Gasteiger partial charge in [-0.1, -0.05) is 77.7 Å². The van der Waals surface area contributed by atoms with Crippen LogP contribution >= 0.6 is 58.9 Å². The molecule has 0 radical (unpaired) electrons. The van der Waals surface area contributed by atoms with Crippen LogP contribution in [-0.2, 0) is 23.3 Å². The van der Waals surface area contributed by atoms with E-state index in [9.17, 15) is 0 Å². The minimum Gasteiger partial charge on any atom is -1.00 e. The first-order valence-electron chi connectivity index (χ1n) is 11.8. The monoisotopic (exact) mass is 651 g/mol. The average Bonchev–Trinajstić information content (AvgIpc) is 3.77. The topological polar surface area (TPSA) is 143 Å². The van der Waals surface area contributed by atoms with Crippen molar-refractivity contribution in [2.45, 2.75) is 40.6 Å². The van der Waals surface area contributed by atoms with E-state index in [1.54, 1.807) is 24.9 Å². The van der Waals surface area contributed by atoms with Crippen molar-refractivity contribution in [2.75, 3.05) is 13.2 Å². The van der Waals surface area contributed by atoms with E-state index in [0.29, 0.717) is 21.8 Å². The van der Waals surface area contributed by atoms with E-state index in [-0.39, 0.29) is 37.6 Å². The van der Waals surface area contributed by atoms with Gasteiger partial charge >= 0.3 is 29.6 Å². The van der Waals surface area contributed by atoms with E-state index in [1.165, 1.54) is 17.3 Å². The van der Waals surface area contributed by atoms with Gasteiger partial charge in [0.2, 0.25) is 0 Å². The third kappa shape index (κ3) is 16.1. The second-order valence-corrected chi connectivity index (χ2v) is 10.7. The molecule has 0 saturated heterocycles. The van der Waals surface area contributed by atoms with Gasteiger partial charge in [-0.3, -0.25) is 10.5 Å². The SMILES string of the molecule is CCO.ClCc1ccc(CCl)cc1.S=c1cn[nH][nH]1.[H-].[Na+].c1cc(CSC2CN=NN2)ccc1CSc1cn[nH]n1. The summed E-state index contributed by atoms with van der Waals surface area (Å²) in [6.07, 6.45) is 3.27. The number of aromatic amines is 3. The predicted molar refractivity (Wildman–Crippen MR) is 164 cm³/mol. The molecule has 1 unspecified atom stereocenters. The zero-order valence-corrected chi connectivity index (χ0v) is 28.2. The first-order chi connectivity index (χ1) is 19.1. The van der Waals surface area contributed by atoms with Gasteiger partial charge in [-0.15, -0.1) is 40.1 Å². The standard InChI is InChI=1S/C12H14N6S2.C8H8Cl2.C2H3N3S.C2H6O.Na.H/c1-2-10(8-20-12-6-14-18-16-12)4-3-9(1)7-19-11-5-13-17-15-11;9-5-7-1-2-8(6-10)4-3-7;6-2-1-3-5-4-2;1-2-3;;/h1-5,12H,6-8H2,(H,14,16)(H,13,15,17);1-4H,5-6H2;1H,(H2,3,4,5,6);3H,2H2,1H3;;/q;;;;+1;-1. The van der Waals surface area contributed by atoms with Gasteiger partial charge in [-0.05, 0) is 29.2 Å². The van der Waals surface area contributed by atoms with Gasteiger partial charge in [-0.25, -0.2) is 5.21 Å². The number of nitrogens with one attached hydrogen (secondary N) is 4. The van der Waals surface area contributed by atoms with E-state index in [0.717, 1.165) is 34.2 Å². The van der Waals surface area contributed by atoms with Crippen LogP contribution in [0.1, 0.15) is 30.6 Å². The Morgan fingerprint density at radius 2 is 1.52 bits per heavy atom. The molecular weight excluding hydrogens is 620 g/mol. The summed E-state index contributed by atoms with van der Waals surface area (Å²) < 4.78 is 0.634. The van der Waals surface area contributed by atoms with Crippen molar-refractivity contribution in [3.05, 3.63) is 87.8 Å². The van der Waals surface area contributed by atoms with Gasteiger partial charge in [0.05, 0.1) is 18.9 Å². The quantitative estimate of drug-likeness (QED) is 0.0845. The van der Waals surface area contributed by atoms with Gasteiger partial charge in [0, 0.05) is 29.9 Å². The molecule has 1 atom stereocenters. The molecule has 10 nitrogen and oxygen atoms in total. The molecule has 0 saturated carbocycles. The van der Waals surface area contributed by atoms with Crippen molar-refractivity contribution in [3.63, 3.8) is 0 Å². The number of hydrogen-bond donors (Lipinski definition) is 5. The first-order valence-corrected chi connectivity index (χ1v) is 15.3. The van der Waals surface area contributed by atoms with Crippen LogP contribution in [-0.4, -0.2) is 54.5 Å². The molecule has 5 N–H and O–H groups in total. The van der Waals surface area contributed by atoms with E-state index in [4.69, 9.17) is 28.3 Å². The van der Waals surface area contributed by atoms with E-state index in [1.807, 2.05) is 36.0 Å². The molecule has 5 rings (SSSR count). The second kappa shape index (κ2) is 23.2. The van der Waals surface area contributed by atoms with Crippen LogP contribution in [0.5, 0.6) is 0 Å². The number of rotatable bonds is 8. The Labute approximate surface area is 281 Å². The van der Waals surface area contributed by atoms with Crippen molar-refractivity contribution in [2.24, 2.45) is 10.3 Å². The van der Waals surface area contributed by atoms with Gasteiger partial charge in [0.25, 0.3) is 0 Å². The molecule has 0 aliphatic carbocycles. The largest absolute Gasteiger partial charge is 1.00 e. The predicted octanol–water partition coefficient (Wildman–Crippen LogP) is 3.37. The zero-order chi connectivity index (χ0) is 28.1. The number of halogens is 2. The van der Waals surface area contributed by atoms with Gasteiger partial charge in [0.1, 0.15) is 15.0 Å². The molecule has 16 heteroatoms. The molecule has 0 amide bonds. The third-order valence-corrected chi connectivity index (χ3v) is 7.48. The van der Waals surface area contributed by atoms with Crippen molar-refractivity contribution in [3.8, 4) is 0 Å². The number of aromatic nitrogens is 6. The van der Waals surface area contributed by atoms with Crippen LogP contribution < -0.4 is 35.0 Å². The zero-order valence-electron chi connectivity index (χ0n) is 23.3. The molecule has 40 heavy (non-hydrogen) atoms. The van der Waals surface area contributed by atoms with Crippen molar-refractivity contribution < 1.29 is 36.1 Å². The summed E-state index contributed by atoms with van der Waals surface area (Å²) in [5.41, 5.74) is 7.85. The maximum Gasteiger partial charge on any atom is 1.00 e. The van der Waals surface area contributed by atoms with Gasteiger partial charge in [0.15, 0.2) is 0 Å². The summed E-state index contributed by atoms with van der Waals surface area (Å²) in [7, 11) is 0. The van der Waals surface area contributed by atoms with Crippen LogP contribution in [0.4, 0.5) is 0 Å². The number of aliphatic hydroxyl groups excluding tert-OH is 1. The van der Waals surface area contributed by atoms with Crippen molar-refractivity contribution >= 4 is 58.9 Å². The molecule has 212 valence electrons. The number of thioether (sulfide) groups is 2. The fourth-order valence-corrected chi connectivity index (χ4v) is 4.70. The molecule has 3 heterocycles. The van der Waals surface area contributed by atoms with Gasteiger partial charge < -0.3 is 6.53 Å². The smallest absolute Gasteiger partial charge is 1.00 e. The van der Waals surface area contributed by atoms with Crippen molar-refractivity contribution in [1.82, 2.24) is 36.2 Å². The Morgan fingerprint density at radius 1 is 0.950 bits per heavy atom. The number of aliphatic hydroxyl groups is 1. The second-order valence-electron chi connectivity index (χ2n) is 7.53. The minimum atomic E-state index is 0. The third-order valence-electron chi connectivity index (χ3n) is 4.53. The summed E-state index contributed by atoms with van der Waals surface area (Å²) in [4.78, 5) is 0. The minimum absolute atomic E-state index is 0. The fraction of sp³-hybridized carbons (Fsp3) is 0.333. The molecule has 0 spiro atoms. The Balaban J connectivity index is 0.000000638. The molecule has 2 aromatic heterocycles. The number of alkyl halides is 2. The summed E-state index contributed by atoms with van der Waals surface area (Å²) in [5.74, 6) is 3.02. The van der Waals surface area contributed by atoms with Crippen LogP contribution in [0.25, 0.3) is 0 Å². The van der Waals surface area contributed by atoms with Crippen LogP contribution in [0.2, 0.25) is 0 Å². The molecule has 4 aromatic rings. The normalized spacial score (nSPS) is 12.8. The maximum atomic E-state index is 7.57.